The highest BCUT2D eigenvalue weighted by Crippen LogP contribution is 2.31. The summed E-state index contributed by atoms with van der Waals surface area (Å²) in [6.45, 7) is 5.00. The molecule has 3 heteroatoms. The highest BCUT2D eigenvalue weighted by Gasteiger charge is 2.29. The van der Waals surface area contributed by atoms with Crippen molar-refractivity contribution in [1.82, 2.24) is 5.32 Å². The van der Waals surface area contributed by atoms with E-state index in [2.05, 4.69) is 36.5 Å². The average molecular weight is 261 g/mol. The van der Waals surface area contributed by atoms with E-state index in [1.165, 1.54) is 18.4 Å². The van der Waals surface area contributed by atoms with Crippen LogP contribution in [-0.4, -0.2) is 25.9 Å². The lowest BCUT2D eigenvalue weighted by Gasteiger charge is -2.26. The van der Waals surface area contributed by atoms with E-state index < -0.39 is 0 Å². The Morgan fingerprint density at radius 1 is 1.26 bits per heavy atom. The standard InChI is InChI=1S/C16H23NO2/c1-16(9-3-10-17-16)13-5-7-14(8-6-13)19-15-4-2-11-18-12-15/h5-8,15,17H,2-4,9-12H2,1H3. The van der Waals surface area contributed by atoms with Gasteiger partial charge in [0.2, 0.25) is 0 Å². The fourth-order valence-electron chi connectivity index (χ4n) is 3.04. The van der Waals surface area contributed by atoms with Crippen LogP contribution < -0.4 is 10.1 Å². The normalized spacial score (nSPS) is 31.3. The van der Waals surface area contributed by atoms with E-state index in [1.54, 1.807) is 0 Å². The zero-order valence-corrected chi connectivity index (χ0v) is 11.7. The van der Waals surface area contributed by atoms with Gasteiger partial charge in [0, 0.05) is 12.1 Å². The summed E-state index contributed by atoms with van der Waals surface area (Å²) in [4.78, 5) is 0. The van der Waals surface area contributed by atoms with Crippen molar-refractivity contribution in [3.05, 3.63) is 29.8 Å². The third-order valence-electron chi connectivity index (χ3n) is 4.28. The van der Waals surface area contributed by atoms with Crippen molar-refractivity contribution >= 4 is 0 Å². The van der Waals surface area contributed by atoms with Crippen molar-refractivity contribution < 1.29 is 9.47 Å². The van der Waals surface area contributed by atoms with E-state index >= 15 is 0 Å². The Hall–Kier alpha value is -1.06. The molecule has 19 heavy (non-hydrogen) atoms. The van der Waals surface area contributed by atoms with E-state index in [4.69, 9.17) is 9.47 Å². The fourth-order valence-corrected chi connectivity index (χ4v) is 3.04. The van der Waals surface area contributed by atoms with Crippen LogP contribution >= 0.6 is 0 Å². The lowest BCUT2D eigenvalue weighted by atomic mass is 9.91. The van der Waals surface area contributed by atoms with E-state index in [-0.39, 0.29) is 11.6 Å². The molecule has 0 spiro atoms. The first-order chi connectivity index (χ1) is 9.26. The summed E-state index contributed by atoms with van der Waals surface area (Å²) in [5.41, 5.74) is 1.50. The Balaban J connectivity index is 1.65. The van der Waals surface area contributed by atoms with Gasteiger partial charge in [0.25, 0.3) is 0 Å². The number of hydrogen-bond acceptors (Lipinski definition) is 3. The fraction of sp³-hybridized carbons (Fsp3) is 0.625. The summed E-state index contributed by atoms with van der Waals surface area (Å²) >= 11 is 0. The molecule has 2 fully saturated rings. The molecular formula is C16H23NO2. The number of rotatable bonds is 3. The minimum atomic E-state index is 0.145. The maximum absolute atomic E-state index is 5.96. The lowest BCUT2D eigenvalue weighted by Crippen LogP contribution is -2.33. The molecule has 1 aromatic rings. The van der Waals surface area contributed by atoms with Crippen molar-refractivity contribution in [1.29, 1.82) is 0 Å². The molecule has 2 aliphatic heterocycles. The Labute approximate surface area is 115 Å². The van der Waals surface area contributed by atoms with Crippen LogP contribution in [-0.2, 0) is 10.3 Å². The van der Waals surface area contributed by atoms with E-state index in [0.29, 0.717) is 0 Å². The van der Waals surface area contributed by atoms with Gasteiger partial charge in [-0.3, -0.25) is 0 Å². The van der Waals surface area contributed by atoms with Crippen LogP contribution in [0.3, 0.4) is 0 Å². The minimum Gasteiger partial charge on any atom is -0.488 e. The monoisotopic (exact) mass is 261 g/mol. The smallest absolute Gasteiger partial charge is 0.122 e. The Morgan fingerprint density at radius 3 is 2.74 bits per heavy atom. The molecule has 0 aromatic heterocycles. The third kappa shape index (κ3) is 2.93. The second-order valence-corrected chi connectivity index (χ2v) is 5.84. The number of hydrogen-bond donors (Lipinski definition) is 1. The first kappa shape index (κ1) is 12.9. The largest absolute Gasteiger partial charge is 0.488 e. The number of nitrogens with one attached hydrogen (secondary N) is 1. The highest BCUT2D eigenvalue weighted by atomic mass is 16.5. The molecule has 3 nitrogen and oxygen atoms in total. The average Bonchev–Trinajstić information content (AvgIpc) is 2.89. The molecule has 2 unspecified atom stereocenters. The Bertz CT molecular complexity index is 403. The molecular weight excluding hydrogens is 238 g/mol. The second kappa shape index (κ2) is 5.51. The molecule has 0 saturated carbocycles. The molecule has 0 amide bonds. The SMILES string of the molecule is CC1(c2ccc(OC3CCCOC3)cc2)CCCN1. The van der Waals surface area contributed by atoms with E-state index in [0.717, 1.165) is 38.3 Å². The molecule has 2 heterocycles. The van der Waals surface area contributed by atoms with Gasteiger partial charge in [-0.25, -0.2) is 0 Å². The molecule has 1 N–H and O–H groups in total. The summed E-state index contributed by atoms with van der Waals surface area (Å²) in [6, 6.07) is 8.57. The summed E-state index contributed by atoms with van der Waals surface area (Å²) in [6.07, 6.45) is 4.89. The van der Waals surface area contributed by atoms with Gasteiger partial charge in [0.05, 0.1) is 6.61 Å². The molecule has 2 saturated heterocycles. The number of ether oxygens (including phenoxy) is 2. The topological polar surface area (TPSA) is 30.5 Å². The molecule has 0 bridgehead atoms. The van der Waals surface area contributed by atoms with Gasteiger partial charge >= 0.3 is 0 Å². The summed E-state index contributed by atoms with van der Waals surface area (Å²) < 4.78 is 11.4. The molecule has 104 valence electrons. The van der Waals surface area contributed by atoms with Crippen LogP contribution in [0.5, 0.6) is 5.75 Å². The van der Waals surface area contributed by atoms with Crippen LogP contribution in [0.15, 0.2) is 24.3 Å². The van der Waals surface area contributed by atoms with Gasteiger partial charge in [-0.05, 0) is 56.8 Å². The molecule has 0 aliphatic carbocycles. The van der Waals surface area contributed by atoms with Gasteiger partial charge in [-0.15, -0.1) is 0 Å². The van der Waals surface area contributed by atoms with Crippen molar-refractivity contribution in [2.45, 2.75) is 44.2 Å². The van der Waals surface area contributed by atoms with Crippen molar-refractivity contribution in [3.8, 4) is 5.75 Å². The molecule has 2 atom stereocenters. The molecule has 0 radical (unpaired) electrons. The maximum atomic E-state index is 5.96. The third-order valence-corrected chi connectivity index (χ3v) is 4.28. The summed E-state index contributed by atoms with van der Waals surface area (Å²) in [5.74, 6) is 0.959. The maximum Gasteiger partial charge on any atom is 0.122 e. The van der Waals surface area contributed by atoms with Gasteiger partial charge in [-0.1, -0.05) is 12.1 Å². The lowest BCUT2D eigenvalue weighted by molar-refractivity contribution is 0.00741. The quantitative estimate of drug-likeness (QED) is 0.907. The van der Waals surface area contributed by atoms with E-state index in [1.807, 2.05) is 0 Å². The van der Waals surface area contributed by atoms with Crippen molar-refractivity contribution in [3.63, 3.8) is 0 Å². The van der Waals surface area contributed by atoms with Crippen LogP contribution in [0.25, 0.3) is 0 Å². The second-order valence-electron chi connectivity index (χ2n) is 5.84. The Kier molecular flexibility index (Phi) is 3.76. The van der Waals surface area contributed by atoms with Crippen LogP contribution in [0.1, 0.15) is 38.2 Å². The van der Waals surface area contributed by atoms with Gasteiger partial charge in [0.1, 0.15) is 11.9 Å². The predicted octanol–water partition coefficient (Wildman–Crippen LogP) is 2.84. The first-order valence-electron chi connectivity index (χ1n) is 7.36. The van der Waals surface area contributed by atoms with Gasteiger partial charge < -0.3 is 14.8 Å². The van der Waals surface area contributed by atoms with E-state index in [9.17, 15) is 0 Å². The zero-order valence-electron chi connectivity index (χ0n) is 11.7. The summed E-state index contributed by atoms with van der Waals surface area (Å²) in [7, 11) is 0. The van der Waals surface area contributed by atoms with Crippen LogP contribution in [0.4, 0.5) is 0 Å². The van der Waals surface area contributed by atoms with Crippen LogP contribution in [0.2, 0.25) is 0 Å². The Morgan fingerprint density at radius 2 is 2.11 bits per heavy atom. The van der Waals surface area contributed by atoms with Gasteiger partial charge in [-0.2, -0.15) is 0 Å². The zero-order chi connectivity index (χ0) is 13.1. The number of benzene rings is 1. The molecule has 1 aromatic carbocycles. The predicted molar refractivity (Wildman–Crippen MR) is 75.5 cm³/mol. The molecule has 3 rings (SSSR count). The van der Waals surface area contributed by atoms with Crippen LogP contribution in [0, 0.1) is 0 Å². The first-order valence-corrected chi connectivity index (χ1v) is 7.36. The molecule has 2 aliphatic rings. The van der Waals surface area contributed by atoms with Crippen molar-refractivity contribution in [2.75, 3.05) is 19.8 Å². The highest BCUT2D eigenvalue weighted by molar-refractivity contribution is 5.32. The summed E-state index contributed by atoms with van der Waals surface area (Å²) in [5, 5.41) is 3.59. The minimum absolute atomic E-state index is 0.145. The van der Waals surface area contributed by atoms with Gasteiger partial charge in [0.15, 0.2) is 0 Å². The van der Waals surface area contributed by atoms with Crippen molar-refractivity contribution in [2.24, 2.45) is 0 Å².